The molecule has 5 heteroatoms. The minimum Gasteiger partial charge on any atom is -0.375 e. The third kappa shape index (κ3) is 5.34. The van der Waals surface area contributed by atoms with E-state index in [0.717, 1.165) is 31.6 Å². The molecule has 1 aromatic rings. The summed E-state index contributed by atoms with van der Waals surface area (Å²) in [5.41, 5.74) is 5.79. The van der Waals surface area contributed by atoms with Crippen molar-refractivity contribution in [3.8, 4) is 0 Å². The molecule has 1 atom stereocenters. The van der Waals surface area contributed by atoms with Crippen molar-refractivity contribution in [2.45, 2.75) is 38.6 Å². The lowest BCUT2D eigenvalue weighted by atomic mass is 9.94. The monoisotopic (exact) mass is 295 g/mol. The van der Waals surface area contributed by atoms with Crippen molar-refractivity contribution in [3.05, 3.63) is 30.1 Å². The number of anilines is 1. The summed E-state index contributed by atoms with van der Waals surface area (Å²) in [6.07, 6.45) is 2.45. The largest absolute Gasteiger partial charge is 0.375 e. The standard InChI is InChI=1S/C16H26FN3O/c1-4-11-19-16(2,15(18)21)10-5-12-20(3)14-8-6-13(17)7-9-14/h6-9,19H,4-5,10-12H2,1-3H3,(H2,18,21). The minimum absolute atomic E-state index is 0.239. The van der Waals surface area contributed by atoms with Crippen LogP contribution in [0.25, 0.3) is 0 Å². The molecule has 21 heavy (non-hydrogen) atoms. The van der Waals surface area contributed by atoms with E-state index in [2.05, 4.69) is 12.2 Å². The van der Waals surface area contributed by atoms with E-state index >= 15 is 0 Å². The predicted molar refractivity (Wildman–Crippen MR) is 84.8 cm³/mol. The Bertz CT molecular complexity index is 449. The normalized spacial score (nSPS) is 13.7. The Balaban J connectivity index is 2.50. The molecule has 0 aliphatic carbocycles. The Morgan fingerprint density at radius 3 is 2.52 bits per heavy atom. The molecule has 0 fully saturated rings. The third-order valence-electron chi connectivity index (χ3n) is 3.75. The van der Waals surface area contributed by atoms with Gasteiger partial charge in [-0.2, -0.15) is 0 Å². The van der Waals surface area contributed by atoms with E-state index < -0.39 is 5.54 Å². The molecular weight excluding hydrogens is 269 g/mol. The highest BCUT2D eigenvalue weighted by Crippen LogP contribution is 2.16. The number of primary amides is 1. The number of rotatable bonds is 9. The Kier molecular flexibility index (Phi) is 6.62. The summed E-state index contributed by atoms with van der Waals surface area (Å²) in [5.74, 6) is -0.558. The number of halogens is 1. The zero-order chi connectivity index (χ0) is 15.9. The molecule has 4 nitrogen and oxygen atoms in total. The average Bonchev–Trinajstić information content (AvgIpc) is 2.45. The number of amides is 1. The van der Waals surface area contributed by atoms with Crippen molar-refractivity contribution in [1.29, 1.82) is 0 Å². The van der Waals surface area contributed by atoms with Crippen LogP contribution in [0.1, 0.15) is 33.1 Å². The number of hydrogen-bond acceptors (Lipinski definition) is 3. The van der Waals surface area contributed by atoms with Gasteiger partial charge in [0.25, 0.3) is 0 Å². The van der Waals surface area contributed by atoms with Gasteiger partial charge in [0.1, 0.15) is 5.82 Å². The number of nitrogens with two attached hydrogens (primary N) is 1. The van der Waals surface area contributed by atoms with Crippen LogP contribution in [0.2, 0.25) is 0 Å². The minimum atomic E-state index is -0.667. The number of hydrogen-bond donors (Lipinski definition) is 2. The van der Waals surface area contributed by atoms with Crippen LogP contribution in [-0.2, 0) is 4.79 Å². The molecule has 1 amide bonds. The lowest BCUT2D eigenvalue weighted by Crippen LogP contribution is -2.53. The van der Waals surface area contributed by atoms with Gasteiger partial charge in [-0.1, -0.05) is 6.92 Å². The maximum Gasteiger partial charge on any atom is 0.237 e. The molecule has 0 radical (unpaired) electrons. The van der Waals surface area contributed by atoms with E-state index in [1.165, 1.54) is 12.1 Å². The molecule has 0 aliphatic rings. The van der Waals surface area contributed by atoms with Crippen molar-refractivity contribution in [2.75, 3.05) is 25.0 Å². The number of carbonyl (C=O) groups excluding carboxylic acids is 1. The van der Waals surface area contributed by atoms with Gasteiger partial charge in [-0.25, -0.2) is 4.39 Å². The van der Waals surface area contributed by atoms with Crippen LogP contribution in [0.15, 0.2) is 24.3 Å². The molecule has 0 aliphatic heterocycles. The van der Waals surface area contributed by atoms with Gasteiger partial charge in [0.05, 0.1) is 5.54 Å². The summed E-state index contributed by atoms with van der Waals surface area (Å²) in [6.45, 7) is 5.45. The fraction of sp³-hybridized carbons (Fsp3) is 0.562. The van der Waals surface area contributed by atoms with Crippen LogP contribution in [0.5, 0.6) is 0 Å². The molecule has 1 rings (SSSR count). The Morgan fingerprint density at radius 2 is 2.00 bits per heavy atom. The molecule has 0 heterocycles. The number of benzene rings is 1. The zero-order valence-corrected chi connectivity index (χ0v) is 13.2. The molecule has 0 saturated carbocycles. The van der Waals surface area contributed by atoms with Crippen molar-refractivity contribution >= 4 is 11.6 Å². The highest BCUT2D eigenvalue weighted by molar-refractivity contribution is 5.84. The first-order chi connectivity index (χ1) is 9.89. The summed E-state index contributed by atoms with van der Waals surface area (Å²) in [6, 6.07) is 6.39. The molecule has 1 unspecified atom stereocenters. The second-order valence-electron chi connectivity index (χ2n) is 5.62. The van der Waals surface area contributed by atoms with Gasteiger partial charge in [-0.15, -0.1) is 0 Å². The Hall–Kier alpha value is -1.62. The van der Waals surface area contributed by atoms with Gasteiger partial charge in [-0.3, -0.25) is 4.79 Å². The van der Waals surface area contributed by atoms with Crippen LogP contribution in [0.3, 0.4) is 0 Å². The molecule has 0 saturated heterocycles. The number of nitrogens with zero attached hydrogens (tertiary/aromatic N) is 1. The van der Waals surface area contributed by atoms with Crippen LogP contribution >= 0.6 is 0 Å². The molecule has 0 spiro atoms. The molecule has 118 valence electrons. The van der Waals surface area contributed by atoms with Crippen LogP contribution in [0.4, 0.5) is 10.1 Å². The van der Waals surface area contributed by atoms with E-state index in [1.807, 2.05) is 18.9 Å². The molecule has 0 aromatic heterocycles. The van der Waals surface area contributed by atoms with Crippen molar-refractivity contribution in [1.82, 2.24) is 5.32 Å². The molecule has 3 N–H and O–H groups in total. The van der Waals surface area contributed by atoms with E-state index in [0.29, 0.717) is 6.42 Å². The van der Waals surface area contributed by atoms with Crippen molar-refractivity contribution < 1.29 is 9.18 Å². The zero-order valence-electron chi connectivity index (χ0n) is 13.2. The SMILES string of the molecule is CCCNC(C)(CCCN(C)c1ccc(F)cc1)C(N)=O. The van der Waals surface area contributed by atoms with E-state index in [1.54, 1.807) is 12.1 Å². The predicted octanol–water partition coefficient (Wildman–Crippen LogP) is 2.29. The van der Waals surface area contributed by atoms with Gasteiger partial charge < -0.3 is 16.0 Å². The van der Waals surface area contributed by atoms with E-state index in [9.17, 15) is 9.18 Å². The first-order valence-corrected chi connectivity index (χ1v) is 7.40. The van der Waals surface area contributed by atoms with Crippen LogP contribution in [-0.4, -0.2) is 31.6 Å². The van der Waals surface area contributed by atoms with Crippen molar-refractivity contribution in [2.24, 2.45) is 5.73 Å². The summed E-state index contributed by atoms with van der Waals surface area (Å²) in [4.78, 5) is 13.7. The molecule has 0 bridgehead atoms. The maximum absolute atomic E-state index is 12.9. The number of nitrogens with one attached hydrogen (secondary N) is 1. The quantitative estimate of drug-likeness (QED) is 0.735. The van der Waals surface area contributed by atoms with Crippen LogP contribution < -0.4 is 16.0 Å². The lowest BCUT2D eigenvalue weighted by Gasteiger charge is -2.29. The van der Waals surface area contributed by atoms with E-state index in [4.69, 9.17) is 5.73 Å². The second-order valence-corrected chi connectivity index (χ2v) is 5.62. The van der Waals surface area contributed by atoms with Gasteiger partial charge in [-0.05, 0) is 57.0 Å². The maximum atomic E-state index is 12.9. The fourth-order valence-corrected chi connectivity index (χ4v) is 2.19. The van der Waals surface area contributed by atoms with Gasteiger partial charge in [0.2, 0.25) is 5.91 Å². The first-order valence-electron chi connectivity index (χ1n) is 7.40. The summed E-state index contributed by atoms with van der Waals surface area (Å²) < 4.78 is 12.9. The van der Waals surface area contributed by atoms with Gasteiger partial charge >= 0.3 is 0 Å². The smallest absolute Gasteiger partial charge is 0.237 e. The first kappa shape index (κ1) is 17.4. The van der Waals surface area contributed by atoms with Crippen LogP contribution in [0, 0.1) is 5.82 Å². The van der Waals surface area contributed by atoms with Gasteiger partial charge in [0, 0.05) is 19.3 Å². The highest BCUT2D eigenvalue weighted by Gasteiger charge is 2.29. The second kappa shape index (κ2) is 7.98. The summed E-state index contributed by atoms with van der Waals surface area (Å²) in [7, 11) is 1.95. The molecule has 1 aromatic carbocycles. The van der Waals surface area contributed by atoms with Crippen molar-refractivity contribution in [3.63, 3.8) is 0 Å². The topological polar surface area (TPSA) is 58.4 Å². The fourth-order valence-electron chi connectivity index (χ4n) is 2.19. The highest BCUT2D eigenvalue weighted by atomic mass is 19.1. The average molecular weight is 295 g/mol. The van der Waals surface area contributed by atoms with E-state index in [-0.39, 0.29) is 11.7 Å². The Labute approximate surface area is 126 Å². The lowest BCUT2D eigenvalue weighted by molar-refractivity contribution is -0.124. The summed E-state index contributed by atoms with van der Waals surface area (Å²) >= 11 is 0. The third-order valence-corrected chi connectivity index (χ3v) is 3.75. The molecular formula is C16H26FN3O. The summed E-state index contributed by atoms with van der Waals surface area (Å²) in [5, 5.41) is 3.22. The Morgan fingerprint density at radius 1 is 1.38 bits per heavy atom. The number of carbonyl (C=O) groups is 1. The van der Waals surface area contributed by atoms with Gasteiger partial charge in [0.15, 0.2) is 0 Å².